The van der Waals surface area contributed by atoms with Crippen molar-refractivity contribution in [1.82, 2.24) is 20.1 Å². The molecule has 1 aliphatic carbocycles. The average molecular weight is 460 g/mol. The van der Waals surface area contributed by atoms with Gasteiger partial charge in [-0.05, 0) is 57.6 Å². The number of allylic oxidation sites excluding steroid dienone is 1. The Morgan fingerprint density at radius 2 is 1.94 bits per heavy atom. The number of nitrogens with one attached hydrogen (secondary N) is 1. The molecule has 0 saturated heterocycles. The smallest absolute Gasteiger partial charge is 0.223 e. The summed E-state index contributed by atoms with van der Waals surface area (Å²) >= 11 is 0. The Morgan fingerprint density at radius 3 is 2.56 bits per heavy atom. The van der Waals surface area contributed by atoms with E-state index in [-0.39, 0.29) is 5.92 Å². The standard InChI is InChI=1S/C28H37N5O/c1-7-11-20-16-29-28(30-21-12-9-10-13-21)32-27(20)22(8-2)23-14-15-24(31-26(23)17(3)4)25-18(5)33-34-19(25)6/h8,14-17,21H,7,9-13H2,1-6H3,(H,29,30,32)/b22-8+. The second-order valence-corrected chi connectivity index (χ2v) is 9.63. The van der Waals surface area contributed by atoms with E-state index in [1.807, 2.05) is 20.0 Å². The van der Waals surface area contributed by atoms with Gasteiger partial charge in [0.2, 0.25) is 5.95 Å². The van der Waals surface area contributed by atoms with Crippen LogP contribution >= 0.6 is 0 Å². The molecule has 0 spiro atoms. The van der Waals surface area contributed by atoms with Gasteiger partial charge in [-0.3, -0.25) is 4.98 Å². The van der Waals surface area contributed by atoms with Gasteiger partial charge in [-0.25, -0.2) is 9.97 Å². The highest BCUT2D eigenvalue weighted by molar-refractivity contribution is 5.82. The molecule has 3 aromatic heterocycles. The van der Waals surface area contributed by atoms with Gasteiger partial charge in [-0.1, -0.05) is 57.3 Å². The van der Waals surface area contributed by atoms with Crippen LogP contribution in [0.15, 0.2) is 28.9 Å². The predicted octanol–water partition coefficient (Wildman–Crippen LogP) is 7.03. The molecule has 1 N–H and O–H groups in total. The maximum absolute atomic E-state index is 5.40. The predicted molar refractivity (Wildman–Crippen MR) is 138 cm³/mol. The van der Waals surface area contributed by atoms with E-state index in [1.54, 1.807) is 0 Å². The second kappa shape index (κ2) is 10.5. The Labute approximate surface area is 203 Å². The maximum Gasteiger partial charge on any atom is 0.223 e. The summed E-state index contributed by atoms with van der Waals surface area (Å²) in [6, 6.07) is 4.73. The third kappa shape index (κ3) is 4.91. The van der Waals surface area contributed by atoms with Crippen LogP contribution < -0.4 is 5.32 Å². The van der Waals surface area contributed by atoms with E-state index in [4.69, 9.17) is 14.5 Å². The molecule has 1 aliphatic rings. The molecular formula is C28H37N5O. The molecule has 34 heavy (non-hydrogen) atoms. The summed E-state index contributed by atoms with van der Waals surface area (Å²) in [6.45, 7) is 12.6. The highest BCUT2D eigenvalue weighted by atomic mass is 16.5. The molecule has 6 nitrogen and oxygen atoms in total. The van der Waals surface area contributed by atoms with Crippen molar-refractivity contribution in [3.8, 4) is 11.3 Å². The van der Waals surface area contributed by atoms with Crippen molar-refractivity contribution in [3.05, 3.63) is 58.4 Å². The Kier molecular flexibility index (Phi) is 7.44. The minimum absolute atomic E-state index is 0.248. The number of hydrogen-bond acceptors (Lipinski definition) is 6. The van der Waals surface area contributed by atoms with Gasteiger partial charge in [0.25, 0.3) is 0 Å². The first-order valence-electron chi connectivity index (χ1n) is 12.7. The quantitative estimate of drug-likeness (QED) is 0.390. The fourth-order valence-corrected chi connectivity index (χ4v) is 4.96. The summed E-state index contributed by atoms with van der Waals surface area (Å²) in [5.41, 5.74) is 8.22. The van der Waals surface area contributed by atoms with E-state index in [2.05, 4.69) is 61.4 Å². The molecule has 1 fully saturated rings. The molecule has 4 rings (SSSR count). The Morgan fingerprint density at radius 1 is 1.18 bits per heavy atom. The number of hydrogen-bond donors (Lipinski definition) is 1. The molecule has 0 aliphatic heterocycles. The zero-order chi connectivity index (χ0) is 24.2. The van der Waals surface area contributed by atoms with Crippen molar-refractivity contribution in [1.29, 1.82) is 0 Å². The zero-order valence-electron chi connectivity index (χ0n) is 21.4. The lowest BCUT2D eigenvalue weighted by atomic mass is 9.91. The first-order chi connectivity index (χ1) is 16.4. The van der Waals surface area contributed by atoms with Crippen molar-refractivity contribution in [3.63, 3.8) is 0 Å². The van der Waals surface area contributed by atoms with Crippen LogP contribution in [0, 0.1) is 13.8 Å². The van der Waals surface area contributed by atoms with Gasteiger partial charge in [0, 0.05) is 23.4 Å². The van der Waals surface area contributed by atoms with Gasteiger partial charge < -0.3 is 9.84 Å². The van der Waals surface area contributed by atoms with Gasteiger partial charge in [0.15, 0.2) is 0 Å². The lowest BCUT2D eigenvalue weighted by Crippen LogP contribution is -2.17. The number of anilines is 1. The van der Waals surface area contributed by atoms with Crippen molar-refractivity contribution in [2.24, 2.45) is 0 Å². The summed E-state index contributed by atoms with van der Waals surface area (Å²) in [6.07, 6.45) is 11.1. The van der Waals surface area contributed by atoms with E-state index in [0.717, 1.165) is 64.0 Å². The van der Waals surface area contributed by atoms with Crippen LogP contribution in [0.5, 0.6) is 0 Å². The van der Waals surface area contributed by atoms with Crippen LogP contribution in [-0.4, -0.2) is 26.2 Å². The van der Waals surface area contributed by atoms with Crippen LogP contribution in [0.1, 0.15) is 99.7 Å². The van der Waals surface area contributed by atoms with Crippen LogP contribution in [0.2, 0.25) is 0 Å². The fourth-order valence-electron chi connectivity index (χ4n) is 4.96. The molecule has 0 radical (unpaired) electrons. The van der Waals surface area contributed by atoms with E-state index in [1.165, 1.54) is 31.2 Å². The zero-order valence-corrected chi connectivity index (χ0v) is 21.4. The minimum atomic E-state index is 0.248. The van der Waals surface area contributed by atoms with E-state index >= 15 is 0 Å². The molecule has 3 heterocycles. The minimum Gasteiger partial charge on any atom is -0.361 e. The van der Waals surface area contributed by atoms with E-state index in [9.17, 15) is 0 Å². The van der Waals surface area contributed by atoms with Crippen molar-refractivity contribution >= 4 is 11.5 Å². The molecule has 0 atom stereocenters. The van der Waals surface area contributed by atoms with Crippen LogP contribution in [0.4, 0.5) is 5.95 Å². The average Bonchev–Trinajstić information content (AvgIpc) is 3.45. The number of rotatable bonds is 8. The summed E-state index contributed by atoms with van der Waals surface area (Å²) in [5, 5.41) is 7.70. The molecule has 0 bridgehead atoms. The summed E-state index contributed by atoms with van der Waals surface area (Å²) in [7, 11) is 0. The largest absolute Gasteiger partial charge is 0.361 e. The Bertz CT molecular complexity index is 1150. The first kappa shape index (κ1) is 24.1. The highest BCUT2D eigenvalue weighted by Crippen LogP contribution is 2.34. The molecule has 1 saturated carbocycles. The van der Waals surface area contributed by atoms with Gasteiger partial charge >= 0.3 is 0 Å². The van der Waals surface area contributed by atoms with Gasteiger partial charge in [-0.2, -0.15) is 0 Å². The maximum atomic E-state index is 5.40. The highest BCUT2D eigenvalue weighted by Gasteiger charge is 2.22. The SMILES string of the molecule is C/C=C(\c1ccc(-c2c(C)noc2C)nc1C(C)C)c1nc(NC2CCCC2)ncc1CCC. The molecule has 0 amide bonds. The molecule has 180 valence electrons. The monoisotopic (exact) mass is 459 g/mol. The molecule has 6 heteroatoms. The van der Waals surface area contributed by atoms with Crippen molar-refractivity contribution < 1.29 is 4.52 Å². The number of nitrogens with zero attached hydrogens (tertiary/aromatic N) is 4. The van der Waals surface area contributed by atoms with Crippen molar-refractivity contribution in [2.75, 3.05) is 5.32 Å². The van der Waals surface area contributed by atoms with E-state index < -0.39 is 0 Å². The summed E-state index contributed by atoms with van der Waals surface area (Å²) in [5.74, 6) is 1.77. The molecule has 0 aromatic carbocycles. The lowest BCUT2D eigenvalue weighted by Gasteiger charge is -2.19. The first-order valence-corrected chi connectivity index (χ1v) is 12.7. The number of aromatic nitrogens is 4. The fraction of sp³-hybridized carbons (Fsp3) is 0.500. The lowest BCUT2D eigenvalue weighted by molar-refractivity contribution is 0.393. The second-order valence-electron chi connectivity index (χ2n) is 9.63. The van der Waals surface area contributed by atoms with Crippen LogP contribution in [-0.2, 0) is 6.42 Å². The topological polar surface area (TPSA) is 76.7 Å². The van der Waals surface area contributed by atoms with Crippen LogP contribution in [0.3, 0.4) is 0 Å². The van der Waals surface area contributed by atoms with E-state index in [0.29, 0.717) is 6.04 Å². The summed E-state index contributed by atoms with van der Waals surface area (Å²) < 4.78 is 5.40. The number of aryl methyl sites for hydroxylation is 3. The number of pyridine rings is 1. The normalized spacial score (nSPS) is 14.9. The van der Waals surface area contributed by atoms with Gasteiger partial charge in [0.1, 0.15) is 5.76 Å². The van der Waals surface area contributed by atoms with Crippen molar-refractivity contribution in [2.45, 2.75) is 92.0 Å². The van der Waals surface area contributed by atoms with Crippen LogP contribution in [0.25, 0.3) is 16.8 Å². The van der Waals surface area contributed by atoms with Gasteiger partial charge in [0.05, 0.1) is 28.3 Å². The Balaban J connectivity index is 1.79. The summed E-state index contributed by atoms with van der Waals surface area (Å²) in [4.78, 5) is 14.8. The Hall–Kier alpha value is -3.02. The molecule has 3 aromatic rings. The molecule has 0 unspecified atom stereocenters. The third-order valence-electron chi connectivity index (χ3n) is 6.67. The van der Waals surface area contributed by atoms with Gasteiger partial charge in [-0.15, -0.1) is 0 Å². The third-order valence-corrected chi connectivity index (χ3v) is 6.67. The molecular weight excluding hydrogens is 422 g/mol.